The van der Waals surface area contributed by atoms with E-state index in [0.29, 0.717) is 0 Å². The van der Waals surface area contributed by atoms with Crippen molar-refractivity contribution in [2.24, 2.45) is 11.8 Å². The Morgan fingerprint density at radius 3 is 2.07 bits per heavy atom. The van der Waals surface area contributed by atoms with E-state index in [4.69, 9.17) is 0 Å². The van der Waals surface area contributed by atoms with E-state index in [0.717, 1.165) is 24.9 Å². The first-order chi connectivity index (χ1) is 7.28. The zero-order valence-corrected chi connectivity index (χ0v) is 9.62. The fraction of sp³-hybridized carbons (Fsp3) is 0.692. The van der Waals surface area contributed by atoms with Gasteiger partial charge in [-0.3, -0.25) is 0 Å². The predicted octanol–water partition coefficient (Wildman–Crippen LogP) is 1.41. The molecule has 84 valence electrons. The number of hydrogen-bond acceptors (Lipinski definition) is 1. The molecule has 2 unspecified atom stereocenters. The first kappa shape index (κ1) is 10.9. The average Bonchev–Trinajstić information content (AvgIpc) is 2.17. The van der Waals surface area contributed by atoms with Crippen molar-refractivity contribution in [3.63, 3.8) is 0 Å². The van der Waals surface area contributed by atoms with Crippen molar-refractivity contribution in [2.45, 2.75) is 6.42 Å². The lowest BCUT2D eigenvalue weighted by atomic mass is 9.84. The van der Waals surface area contributed by atoms with Crippen molar-refractivity contribution in [3.05, 3.63) is 25.3 Å². The Balaban J connectivity index is 2.10. The van der Waals surface area contributed by atoms with E-state index in [2.05, 4.69) is 30.6 Å². The van der Waals surface area contributed by atoms with E-state index in [-0.39, 0.29) is 0 Å². The van der Waals surface area contributed by atoms with Crippen LogP contribution >= 0.6 is 0 Å². The minimum Gasteiger partial charge on any atom is -0.317 e. The Hall–Kier alpha value is -0.600. The van der Waals surface area contributed by atoms with Gasteiger partial charge in [-0.05, 0) is 18.6 Å². The first-order valence-corrected chi connectivity index (χ1v) is 6.05. The smallest absolute Gasteiger partial charge is 0.0973 e. The van der Waals surface area contributed by atoms with Crippen LogP contribution in [0.5, 0.6) is 0 Å². The summed E-state index contributed by atoms with van der Waals surface area (Å²) >= 11 is 0. The summed E-state index contributed by atoms with van der Waals surface area (Å²) in [4.78, 5) is 0. The lowest BCUT2D eigenvalue weighted by Gasteiger charge is -2.48. The first-order valence-electron chi connectivity index (χ1n) is 6.05. The quantitative estimate of drug-likeness (QED) is 0.543. The molecule has 0 aliphatic carbocycles. The summed E-state index contributed by atoms with van der Waals surface area (Å²) in [6, 6.07) is 0. The molecule has 2 saturated heterocycles. The number of likely N-dealkylation sites (tertiary alicyclic amines) is 1. The van der Waals surface area contributed by atoms with Crippen LogP contribution in [0.25, 0.3) is 0 Å². The molecule has 2 atom stereocenters. The zero-order valence-electron chi connectivity index (χ0n) is 9.62. The van der Waals surface area contributed by atoms with Crippen LogP contribution in [0.15, 0.2) is 25.3 Å². The summed E-state index contributed by atoms with van der Waals surface area (Å²) in [5, 5.41) is 3.55. The molecule has 2 nitrogen and oxygen atoms in total. The Kier molecular flexibility index (Phi) is 3.27. The number of rotatable bonds is 4. The molecule has 0 saturated carbocycles. The van der Waals surface area contributed by atoms with Gasteiger partial charge in [0.2, 0.25) is 0 Å². The molecule has 0 aromatic carbocycles. The SMILES string of the molecule is C=CC[N+]1(CC=C)CC2CNCC(C2)C1. The van der Waals surface area contributed by atoms with E-state index in [1.807, 2.05) is 0 Å². The number of nitrogens with zero attached hydrogens (tertiary/aromatic N) is 1. The van der Waals surface area contributed by atoms with Crippen molar-refractivity contribution in [1.82, 2.24) is 5.32 Å². The van der Waals surface area contributed by atoms with Crippen LogP contribution in [0, 0.1) is 11.8 Å². The molecular weight excluding hydrogens is 184 g/mol. The summed E-state index contributed by atoms with van der Waals surface area (Å²) < 4.78 is 1.20. The minimum atomic E-state index is 0.873. The van der Waals surface area contributed by atoms with Gasteiger partial charge in [-0.1, -0.05) is 13.2 Å². The summed E-state index contributed by atoms with van der Waals surface area (Å²) in [6.07, 6.45) is 5.59. The van der Waals surface area contributed by atoms with Crippen molar-refractivity contribution in [1.29, 1.82) is 0 Å². The van der Waals surface area contributed by atoms with Crippen LogP contribution in [0.3, 0.4) is 0 Å². The molecule has 1 N–H and O–H groups in total. The molecule has 2 aliphatic heterocycles. The lowest BCUT2D eigenvalue weighted by molar-refractivity contribution is -0.929. The summed E-state index contributed by atoms with van der Waals surface area (Å²) in [6.45, 7) is 15.1. The van der Waals surface area contributed by atoms with E-state index in [9.17, 15) is 0 Å². The van der Waals surface area contributed by atoms with Gasteiger partial charge in [0.25, 0.3) is 0 Å². The molecule has 15 heavy (non-hydrogen) atoms. The van der Waals surface area contributed by atoms with Gasteiger partial charge in [-0.25, -0.2) is 0 Å². The molecule has 0 spiro atoms. The normalized spacial score (nSPS) is 33.3. The maximum absolute atomic E-state index is 3.91. The van der Waals surface area contributed by atoms with E-state index in [1.54, 1.807) is 0 Å². The van der Waals surface area contributed by atoms with Gasteiger partial charge in [0.05, 0.1) is 26.2 Å². The topological polar surface area (TPSA) is 12.0 Å². The summed E-state index contributed by atoms with van der Waals surface area (Å²) in [5.74, 6) is 1.75. The molecule has 2 heteroatoms. The largest absolute Gasteiger partial charge is 0.317 e. The third kappa shape index (κ3) is 2.32. The highest BCUT2D eigenvalue weighted by Crippen LogP contribution is 2.29. The van der Waals surface area contributed by atoms with E-state index < -0.39 is 0 Å². The molecule has 0 radical (unpaired) electrons. The van der Waals surface area contributed by atoms with Gasteiger partial charge < -0.3 is 9.80 Å². The third-order valence-electron chi connectivity index (χ3n) is 3.86. The molecular formula is C13H23N2+. The standard InChI is InChI=1S/C13H23N2/c1-3-5-15(6-4-2)10-12-7-13(11-15)9-14-8-12/h3-4,12-14H,1-2,5-11H2/q+1. The highest BCUT2D eigenvalue weighted by molar-refractivity contribution is 4.84. The number of quaternary nitrogens is 1. The molecule has 2 heterocycles. The second-order valence-electron chi connectivity index (χ2n) is 5.28. The number of fused-ring (bicyclic) bond motifs is 2. The van der Waals surface area contributed by atoms with Crippen molar-refractivity contribution >= 4 is 0 Å². The van der Waals surface area contributed by atoms with Gasteiger partial charge in [0.1, 0.15) is 0 Å². The average molecular weight is 207 g/mol. The fourth-order valence-corrected chi connectivity index (χ4v) is 3.50. The predicted molar refractivity (Wildman–Crippen MR) is 64.6 cm³/mol. The van der Waals surface area contributed by atoms with Crippen molar-refractivity contribution in [2.75, 3.05) is 39.3 Å². The monoisotopic (exact) mass is 207 g/mol. The lowest BCUT2D eigenvalue weighted by Crippen LogP contribution is -2.61. The van der Waals surface area contributed by atoms with Gasteiger partial charge in [0, 0.05) is 24.9 Å². The molecule has 2 bridgehead atoms. The fourth-order valence-electron chi connectivity index (χ4n) is 3.50. The van der Waals surface area contributed by atoms with E-state index >= 15 is 0 Å². The maximum Gasteiger partial charge on any atom is 0.0973 e. The highest BCUT2D eigenvalue weighted by atomic mass is 15.4. The van der Waals surface area contributed by atoms with Crippen molar-refractivity contribution in [3.8, 4) is 0 Å². The Labute approximate surface area is 93.2 Å². The molecule has 0 amide bonds. The molecule has 2 aliphatic rings. The Morgan fingerprint density at radius 1 is 1.07 bits per heavy atom. The molecule has 0 aromatic rings. The van der Waals surface area contributed by atoms with Crippen LogP contribution in [-0.2, 0) is 0 Å². The Bertz CT molecular complexity index is 223. The zero-order chi connectivity index (χ0) is 10.7. The second-order valence-corrected chi connectivity index (χ2v) is 5.28. The van der Waals surface area contributed by atoms with Gasteiger partial charge in [0.15, 0.2) is 0 Å². The molecule has 2 fully saturated rings. The van der Waals surface area contributed by atoms with E-state index in [1.165, 1.54) is 37.1 Å². The molecule has 0 aromatic heterocycles. The highest BCUT2D eigenvalue weighted by Gasteiger charge is 2.40. The van der Waals surface area contributed by atoms with Crippen LogP contribution in [0.2, 0.25) is 0 Å². The van der Waals surface area contributed by atoms with Gasteiger partial charge in [-0.2, -0.15) is 0 Å². The third-order valence-corrected chi connectivity index (χ3v) is 3.86. The number of nitrogens with one attached hydrogen (secondary N) is 1. The summed E-state index contributed by atoms with van der Waals surface area (Å²) in [7, 11) is 0. The Morgan fingerprint density at radius 2 is 1.60 bits per heavy atom. The number of hydrogen-bond donors (Lipinski definition) is 1. The van der Waals surface area contributed by atoms with Crippen LogP contribution in [0.1, 0.15) is 6.42 Å². The summed E-state index contributed by atoms with van der Waals surface area (Å²) in [5.41, 5.74) is 0. The van der Waals surface area contributed by atoms with Gasteiger partial charge >= 0.3 is 0 Å². The van der Waals surface area contributed by atoms with Crippen LogP contribution in [-0.4, -0.2) is 43.8 Å². The second kappa shape index (κ2) is 4.50. The van der Waals surface area contributed by atoms with Crippen LogP contribution in [0.4, 0.5) is 0 Å². The van der Waals surface area contributed by atoms with Crippen molar-refractivity contribution < 1.29 is 4.48 Å². The number of piperidine rings is 2. The van der Waals surface area contributed by atoms with Crippen LogP contribution < -0.4 is 5.32 Å². The minimum absolute atomic E-state index is 0.873. The van der Waals surface area contributed by atoms with Gasteiger partial charge in [-0.15, -0.1) is 0 Å². The molecule has 2 rings (SSSR count). The maximum atomic E-state index is 3.91.